The molecule has 0 spiro atoms. The molecule has 0 unspecified atom stereocenters. The van der Waals surface area contributed by atoms with Crippen LogP contribution in [-0.2, 0) is 9.53 Å². The summed E-state index contributed by atoms with van der Waals surface area (Å²) in [4.78, 5) is 24.3. The number of carbonyl (C=O) groups is 2. The average molecular weight is 419 g/mol. The molecule has 160 valence electrons. The van der Waals surface area contributed by atoms with Crippen molar-refractivity contribution in [1.29, 1.82) is 0 Å². The van der Waals surface area contributed by atoms with Crippen molar-refractivity contribution in [1.82, 2.24) is 5.32 Å². The maximum absolute atomic E-state index is 13.2. The number of hydrogen-bond acceptors (Lipinski definition) is 5. The number of hydrogen-bond donors (Lipinski definition) is 1. The van der Waals surface area contributed by atoms with Crippen LogP contribution in [0.5, 0.6) is 11.5 Å². The van der Waals surface area contributed by atoms with Crippen LogP contribution in [0.3, 0.4) is 0 Å². The van der Waals surface area contributed by atoms with Crippen molar-refractivity contribution >= 4 is 11.9 Å². The third-order valence-corrected chi connectivity index (χ3v) is 4.55. The van der Waals surface area contributed by atoms with Gasteiger partial charge in [0, 0.05) is 12.5 Å². The highest BCUT2D eigenvalue weighted by molar-refractivity contribution is 5.91. The zero-order valence-corrected chi connectivity index (χ0v) is 16.7. The minimum absolute atomic E-state index is 0.0340. The van der Waals surface area contributed by atoms with Gasteiger partial charge in [-0.15, -0.1) is 0 Å². The van der Waals surface area contributed by atoms with E-state index in [9.17, 15) is 18.4 Å². The second-order valence-corrected chi connectivity index (χ2v) is 7.28. The minimum Gasteiger partial charge on any atom is -0.490 e. The van der Waals surface area contributed by atoms with E-state index in [1.54, 1.807) is 6.07 Å². The van der Waals surface area contributed by atoms with Crippen molar-refractivity contribution in [3.8, 4) is 11.5 Å². The van der Waals surface area contributed by atoms with Crippen LogP contribution in [0.1, 0.15) is 42.2 Å². The van der Waals surface area contributed by atoms with Crippen LogP contribution in [0, 0.1) is 17.6 Å². The number of ether oxygens (including phenoxy) is 3. The monoisotopic (exact) mass is 419 g/mol. The first-order valence-corrected chi connectivity index (χ1v) is 9.65. The third-order valence-electron chi connectivity index (χ3n) is 4.55. The Kier molecular flexibility index (Phi) is 6.87. The van der Waals surface area contributed by atoms with Gasteiger partial charge in [-0.1, -0.05) is 19.9 Å². The lowest BCUT2D eigenvalue weighted by Crippen LogP contribution is -2.35. The molecule has 3 rings (SSSR count). The molecule has 0 saturated heterocycles. The number of carbonyl (C=O) groups excluding carboxylic acids is 2. The largest absolute Gasteiger partial charge is 0.490 e. The van der Waals surface area contributed by atoms with Crippen LogP contribution in [0.25, 0.3) is 0 Å². The van der Waals surface area contributed by atoms with Crippen LogP contribution < -0.4 is 14.8 Å². The van der Waals surface area contributed by atoms with Crippen molar-refractivity contribution in [3.63, 3.8) is 0 Å². The lowest BCUT2D eigenvalue weighted by molar-refractivity contribution is -0.125. The van der Waals surface area contributed by atoms with Crippen molar-refractivity contribution in [3.05, 3.63) is 59.2 Å². The Bertz CT molecular complexity index is 911. The summed E-state index contributed by atoms with van der Waals surface area (Å²) in [7, 11) is 0. The molecule has 2 aromatic rings. The van der Waals surface area contributed by atoms with Gasteiger partial charge in [-0.05, 0) is 35.7 Å². The number of esters is 1. The molecule has 6 nitrogen and oxygen atoms in total. The van der Waals surface area contributed by atoms with Crippen molar-refractivity contribution in [2.75, 3.05) is 19.8 Å². The highest BCUT2D eigenvalue weighted by Crippen LogP contribution is 2.34. The smallest absolute Gasteiger partial charge is 0.338 e. The Labute approximate surface area is 173 Å². The molecule has 0 aromatic heterocycles. The molecule has 0 fully saturated rings. The van der Waals surface area contributed by atoms with E-state index >= 15 is 0 Å². The van der Waals surface area contributed by atoms with Gasteiger partial charge in [0.2, 0.25) is 0 Å². The zero-order valence-electron chi connectivity index (χ0n) is 16.7. The van der Waals surface area contributed by atoms with E-state index in [0.29, 0.717) is 30.8 Å². The molecule has 1 heterocycles. The first kappa shape index (κ1) is 21.5. The van der Waals surface area contributed by atoms with E-state index < -0.39 is 30.1 Å². The molecule has 30 heavy (non-hydrogen) atoms. The van der Waals surface area contributed by atoms with Crippen LogP contribution in [-0.4, -0.2) is 31.7 Å². The fraction of sp³-hybridized carbons (Fsp3) is 0.364. The van der Waals surface area contributed by atoms with Crippen LogP contribution in [0.15, 0.2) is 36.4 Å². The summed E-state index contributed by atoms with van der Waals surface area (Å²) in [6.07, 6.45) is 0.787. The summed E-state index contributed by atoms with van der Waals surface area (Å²) < 4.78 is 42.7. The lowest BCUT2D eigenvalue weighted by atomic mass is 9.95. The first-order valence-electron chi connectivity index (χ1n) is 9.65. The molecule has 1 aliphatic rings. The summed E-state index contributed by atoms with van der Waals surface area (Å²) in [5.74, 6) is -2.02. The van der Waals surface area contributed by atoms with E-state index in [-0.39, 0.29) is 17.5 Å². The van der Waals surface area contributed by atoms with Crippen molar-refractivity contribution in [2.24, 2.45) is 5.92 Å². The van der Waals surface area contributed by atoms with Crippen molar-refractivity contribution in [2.45, 2.75) is 26.3 Å². The molecule has 0 radical (unpaired) electrons. The number of nitrogens with one attached hydrogen (secondary N) is 1. The van der Waals surface area contributed by atoms with Crippen molar-refractivity contribution < 1.29 is 32.6 Å². The van der Waals surface area contributed by atoms with E-state index in [1.807, 2.05) is 26.0 Å². The van der Waals surface area contributed by atoms with Gasteiger partial charge in [0.05, 0.1) is 24.8 Å². The maximum atomic E-state index is 13.2. The number of fused-ring (bicyclic) bond motifs is 1. The second-order valence-electron chi connectivity index (χ2n) is 7.28. The number of halogens is 2. The van der Waals surface area contributed by atoms with Gasteiger partial charge in [-0.25, -0.2) is 13.6 Å². The third kappa shape index (κ3) is 5.46. The van der Waals surface area contributed by atoms with Crippen LogP contribution in [0.2, 0.25) is 0 Å². The van der Waals surface area contributed by atoms with Crippen LogP contribution >= 0.6 is 0 Å². The summed E-state index contributed by atoms with van der Waals surface area (Å²) >= 11 is 0. The molecular formula is C22H23F2NO5. The molecule has 8 heteroatoms. The van der Waals surface area contributed by atoms with Gasteiger partial charge < -0.3 is 19.5 Å². The predicted molar refractivity (Wildman–Crippen MR) is 104 cm³/mol. The minimum atomic E-state index is -0.986. The number of amides is 1. The number of benzene rings is 2. The fourth-order valence-corrected chi connectivity index (χ4v) is 3.11. The van der Waals surface area contributed by atoms with Gasteiger partial charge in [-0.2, -0.15) is 0 Å². The van der Waals surface area contributed by atoms with E-state index in [2.05, 4.69) is 5.32 Å². The standard InChI is InChI=1S/C22H23F2NO5/c1-13(2)21(14-4-5-18-19(10-14)29-7-3-6-28-18)25-20(26)12-30-22(27)15-8-16(23)11-17(24)9-15/h4-5,8-11,13,21H,3,6-7,12H2,1-2H3,(H,25,26)/t21-/m0/s1. The fourth-order valence-electron chi connectivity index (χ4n) is 3.11. The van der Waals surface area contributed by atoms with E-state index in [1.165, 1.54) is 0 Å². The quantitative estimate of drug-likeness (QED) is 0.721. The molecule has 0 aliphatic carbocycles. The van der Waals surface area contributed by atoms with Gasteiger partial charge in [0.1, 0.15) is 11.6 Å². The van der Waals surface area contributed by atoms with E-state index in [4.69, 9.17) is 14.2 Å². The molecule has 1 atom stereocenters. The molecule has 1 amide bonds. The molecule has 2 aromatic carbocycles. The highest BCUT2D eigenvalue weighted by atomic mass is 19.1. The van der Waals surface area contributed by atoms with E-state index in [0.717, 1.165) is 24.1 Å². The maximum Gasteiger partial charge on any atom is 0.338 e. The normalized spacial score (nSPS) is 14.0. The summed E-state index contributed by atoms with van der Waals surface area (Å²) in [5.41, 5.74) is 0.518. The van der Waals surface area contributed by atoms with Gasteiger partial charge in [0.15, 0.2) is 18.1 Å². The SMILES string of the molecule is CC(C)[C@H](NC(=O)COC(=O)c1cc(F)cc(F)c1)c1ccc2c(c1)OCCCO2. The first-order chi connectivity index (χ1) is 14.3. The number of rotatable bonds is 6. The Morgan fingerprint density at radius 3 is 2.37 bits per heavy atom. The summed E-state index contributed by atoms with van der Waals surface area (Å²) in [6, 6.07) is 7.45. The predicted octanol–water partition coefficient (Wildman–Crippen LogP) is 3.80. The Morgan fingerprint density at radius 1 is 1.03 bits per heavy atom. The molecule has 0 bridgehead atoms. The second kappa shape index (κ2) is 9.56. The molecule has 0 saturated carbocycles. The average Bonchev–Trinajstić information content (AvgIpc) is 2.94. The summed E-state index contributed by atoms with van der Waals surface area (Å²) in [6.45, 7) is 4.43. The summed E-state index contributed by atoms with van der Waals surface area (Å²) in [5, 5.41) is 2.82. The Balaban J connectivity index is 1.64. The highest BCUT2D eigenvalue weighted by Gasteiger charge is 2.22. The molecular weight excluding hydrogens is 396 g/mol. The Morgan fingerprint density at radius 2 is 1.70 bits per heavy atom. The van der Waals surface area contributed by atoms with Gasteiger partial charge in [0.25, 0.3) is 5.91 Å². The topological polar surface area (TPSA) is 73.9 Å². The lowest BCUT2D eigenvalue weighted by Gasteiger charge is -2.23. The van der Waals surface area contributed by atoms with Crippen LogP contribution in [0.4, 0.5) is 8.78 Å². The molecule has 1 aliphatic heterocycles. The molecule has 1 N–H and O–H groups in total. The Hall–Kier alpha value is -3.16. The zero-order chi connectivity index (χ0) is 21.7. The van der Waals surface area contributed by atoms with Gasteiger partial charge >= 0.3 is 5.97 Å². The van der Waals surface area contributed by atoms with Gasteiger partial charge in [-0.3, -0.25) is 4.79 Å².